The molecule has 0 aromatic heterocycles. The van der Waals surface area contributed by atoms with E-state index in [1.54, 1.807) is 24.3 Å². The van der Waals surface area contributed by atoms with Crippen molar-refractivity contribution in [3.8, 4) is 11.5 Å². The molecule has 3 aromatic carbocycles. The number of ether oxygens (including phenoxy) is 2. The van der Waals surface area contributed by atoms with Crippen LogP contribution in [0.4, 0.5) is 0 Å². The molecule has 0 fully saturated rings. The molecule has 5 heteroatoms. The average Bonchev–Trinajstić information content (AvgIpc) is 2.61. The van der Waals surface area contributed by atoms with E-state index < -0.39 is 5.97 Å². The molecule has 0 saturated carbocycles. The van der Waals surface area contributed by atoms with Gasteiger partial charge in [-0.15, -0.1) is 0 Å². The third kappa shape index (κ3) is 3.63. The summed E-state index contributed by atoms with van der Waals surface area (Å²) in [4.78, 5) is 23.4. The fourth-order valence-corrected chi connectivity index (χ4v) is 2.58. The summed E-state index contributed by atoms with van der Waals surface area (Å²) in [5, 5.41) is 1.65. The number of aldehydes is 1. The largest absolute Gasteiger partial charge is 0.482 e. The van der Waals surface area contributed by atoms with E-state index in [1.807, 2.05) is 36.4 Å². The highest BCUT2D eigenvalue weighted by molar-refractivity contribution is 9.10. The van der Waals surface area contributed by atoms with Gasteiger partial charge in [0.25, 0.3) is 0 Å². The number of carbonyl (C=O) groups is 2. The fraction of sp³-hybridized carbons (Fsp3) is 0.0526. The van der Waals surface area contributed by atoms with E-state index in [-0.39, 0.29) is 12.4 Å². The summed E-state index contributed by atoms with van der Waals surface area (Å²) in [5.74, 6) is 0.216. The molecular formula is C19H13BrO4. The molecule has 120 valence electrons. The lowest BCUT2D eigenvalue weighted by atomic mass is 10.0. The van der Waals surface area contributed by atoms with Crippen LogP contribution < -0.4 is 9.47 Å². The number of rotatable bonds is 5. The lowest BCUT2D eigenvalue weighted by molar-refractivity contribution is -0.136. The second-order valence-electron chi connectivity index (χ2n) is 5.03. The lowest BCUT2D eigenvalue weighted by Gasteiger charge is -2.10. The summed E-state index contributed by atoms with van der Waals surface area (Å²) in [6.45, 7) is -0.243. The summed E-state index contributed by atoms with van der Waals surface area (Å²) < 4.78 is 11.6. The number of carbonyl (C=O) groups excluding carboxylic acids is 2. The van der Waals surface area contributed by atoms with E-state index in [0.29, 0.717) is 17.6 Å². The summed E-state index contributed by atoms with van der Waals surface area (Å²) in [6, 6.07) is 18.0. The van der Waals surface area contributed by atoms with Crippen molar-refractivity contribution in [3.63, 3.8) is 0 Å². The van der Waals surface area contributed by atoms with E-state index in [4.69, 9.17) is 9.47 Å². The quantitative estimate of drug-likeness (QED) is 0.371. The first-order chi connectivity index (χ1) is 11.7. The highest BCUT2D eigenvalue weighted by Crippen LogP contribution is 2.26. The molecule has 0 aliphatic carbocycles. The van der Waals surface area contributed by atoms with Crippen LogP contribution >= 0.6 is 15.9 Å². The Labute approximate surface area is 147 Å². The van der Waals surface area contributed by atoms with Gasteiger partial charge in [-0.1, -0.05) is 46.3 Å². The molecule has 0 unspecified atom stereocenters. The van der Waals surface area contributed by atoms with Crippen LogP contribution in [0.25, 0.3) is 10.8 Å². The van der Waals surface area contributed by atoms with E-state index in [0.717, 1.165) is 15.2 Å². The smallest absolute Gasteiger partial charge is 0.349 e. The number of hydrogen-bond acceptors (Lipinski definition) is 4. The van der Waals surface area contributed by atoms with Gasteiger partial charge in [0.1, 0.15) is 11.5 Å². The van der Waals surface area contributed by atoms with Gasteiger partial charge in [-0.2, -0.15) is 0 Å². The van der Waals surface area contributed by atoms with Crippen molar-refractivity contribution in [1.29, 1.82) is 0 Å². The molecule has 24 heavy (non-hydrogen) atoms. The first kappa shape index (κ1) is 16.2. The number of esters is 1. The summed E-state index contributed by atoms with van der Waals surface area (Å²) in [7, 11) is 0. The van der Waals surface area contributed by atoms with Crippen molar-refractivity contribution >= 4 is 39.0 Å². The van der Waals surface area contributed by atoms with Crippen LogP contribution in [0, 0.1) is 0 Å². The van der Waals surface area contributed by atoms with Gasteiger partial charge in [-0.3, -0.25) is 4.79 Å². The predicted octanol–water partition coefficient (Wildman–Crippen LogP) is 4.40. The molecule has 0 aliphatic heterocycles. The van der Waals surface area contributed by atoms with E-state index in [1.165, 1.54) is 0 Å². The Morgan fingerprint density at radius 3 is 2.50 bits per heavy atom. The van der Waals surface area contributed by atoms with Gasteiger partial charge < -0.3 is 9.47 Å². The van der Waals surface area contributed by atoms with E-state index >= 15 is 0 Å². The van der Waals surface area contributed by atoms with Crippen LogP contribution in [0.3, 0.4) is 0 Å². The fourth-order valence-electron chi connectivity index (χ4n) is 2.31. The second-order valence-corrected chi connectivity index (χ2v) is 5.95. The van der Waals surface area contributed by atoms with Gasteiger partial charge in [0.05, 0.1) is 5.56 Å². The van der Waals surface area contributed by atoms with Crippen LogP contribution in [0.1, 0.15) is 10.4 Å². The molecule has 0 aliphatic rings. The van der Waals surface area contributed by atoms with Gasteiger partial charge in [-0.25, -0.2) is 4.79 Å². The van der Waals surface area contributed by atoms with Crippen LogP contribution in [-0.4, -0.2) is 18.9 Å². The minimum absolute atomic E-state index is 0.230. The van der Waals surface area contributed by atoms with Crippen molar-refractivity contribution in [1.82, 2.24) is 0 Å². The SMILES string of the molecule is O=Cc1c(OC(=O)COc2ccc(Br)cc2)ccc2ccccc12. The third-order valence-corrected chi connectivity index (χ3v) is 3.97. The molecule has 3 aromatic rings. The average molecular weight is 385 g/mol. The number of benzene rings is 3. The van der Waals surface area contributed by atoms with Gasteiger partial charge in [-0.05, 0) is 41.1 Å². The monoisotopic (exact) mass is 384 g/mol. The molecule has 4 nitrogen and oxygen atoms in total. The van der Waals surface area contributed by atoms with Crippen LogP contribution in [0.15, 0.2) is 65.1 Å². The van der Waals surface area contributed by atoms with Gasteiger partial charge in [0.2, 0.25) is 0 Å². The summed E-state index contributed by atoms with van der Waals surface area (Å²) in [5.41, 5.74) is 0.352. The maximum absolute atomic E-state index is 12.0. The Bertz CT molecular complexity index is 888. The zero-order valence-electron chi connectivity index (χ0n) is 12.6. The zero-order chi connectivity index (χ0) is 16.9. The van der Waals surface area contributed by atoms with Crippen molar-refractivity contribution in [3.05, 3.63) is 70.7 Å². The highest BCUT2D eigenvalue weighted by atomic mass is 79.9. The molecule has 0 bridgehead atoms. The predicted molar refractivity (Wildman–Crippen MR) is 94.6 cm³/mol. The van der Waals surface area contributed by atoms with Gasteiger partial charge in [0.15, 0.2) is 12.9 Å². The summed E-state index contributed by atoms with van der Waals surface area (Å²) in [6.07, 6.45) is 0.695. The number of hydrogen-bond donors (Lipinski definition) is 0. The molecule has 0 heterocycles. The molecule has 0 spiro atoms. The minimum Gasteiger partial charge on any atom is -0.482 e. The molecule has 3 rings (SSSR count). The Kier molecular flexibility index (Phi) is 4.91. The van der Waals surface area contributed by atoms with Crippen molar-refractivity contribution < 1.29 is 19.1 Å². The van der Waals surface area contributed by atoms with E-state index in [2.05, 4.69) is 15.9 Å². The Balaban J connectivity index is 1.73. The normalized spacial score (nSPS) is 10.4. The van der Waals surface area contributed by atoms with E-state index in [9.17, 15) is 9.59 Å². The van der Waals surface area contributed by atoms with Gasteiger partial charge >= 0.3 is 5.97 Å². The molecule has 0 radical (unpaired) electrons. The molecule has 0 N–H and O–H groups in total. The Hall–Kier alpha value is -2.66. The van der Waals surface area contributed by atoms with Gasteiger partial charge in [0, 0.05) is 4.47 Å². The number of halogens is 1. The van der Waals surface area contributed by atoms with Crippen molar-refractivity contribution in [2.75, 3.05) is 6.61 Å². The second kappa shape index (κ2) is 7.27. The maximum atomic E-state index is 12.0. The zero-order valence-corrected chi connectivity index (χ0v) is 14.2. The number of fused-ring (bicyclic) bond motifs is 1. The molecule has 0 atom stereocenters. The van der Waals surface area contributed by atoms with Crippen LogP contribution in [-0.2, 0) is 4.79 Å². The summed E-state index contributed by atoms with van der Waals surface area (Å²) >= 11 is 3.33. The molecule has 0 amide bonds. The van der Waals surface area contributed by atoms with Crippen molar-refractivity contribution in [2.24, 2.45) is 0 Å². The van der Waals surface area contributed by atoms with Crippen LogP contribution in [0.2, 0.25) is 0 Å². The Morgan fingerprint density at radius 2 is 1.75 bits per heavy atom. The van der Waals surface area contributed by atoms with Crippen molar-refractivity contribution in [2.45, 2.75) is 0 Å². The molecular weight excluding hydrogens is 372 g/mol. The first-order valence-corrected chi connectivity index (χ1v) is 8.02. The van der Waals surface area contributed by atoms with Crippen LogP contribution in [0.5, 0.6) is 11.5 Å². The topological polar surface area (TPSA) is 52.6 Å². The highest BCUT2D eigenvalue weighted by Gasteiger charge is 2.12. The minimum atomic E-state index is -0.573. The first-order valence-electron chi connectivity index (χ1n) is 7.23. The Morgan fingerprint density at radius 1 is 1.00 bits per heavy atom. The molecule has 0 saturated heterocycles. The maximum Gasteiger partial charge on any atom is 0.349 e. The standard InChI is InChI=1S/C19H13BrO4/c20-14-6-8-15(9-7-14)23-12-19(22)24-18-10-5-13-3-1-2-4-16(13)17(18)11-21/h1-11H,12H2. The lowest BCUT2D eigenvalue weighted by Crippen LogP contribution is -2.18. The third-order valence-electron chi connectivity index (χ3n) is 3.44.